The molecule has 0 aliphatic carbocycles. The lowest BCUT2D eigenvalue weighted by molar-refractivity contribution is 0.0990. The fraction of sp³-hybridized carbons (Fsp3) is 0.0588. The lowest BCUT2D eigenvalue weighted by Crippen LogP contribution is -2.06. The maximum Gasteiger partial charge on any atom is 0.186 e. The van der Waals surface area contributed by atoms with Crippen LogP contribution in [0.2, 0.25) is 0 Å². The van der Waals surface area contributed by atoms with Crippen LogP contribution in [0, 0.1) is 0 Å². The standard InChI is InChI=1S/C17H13NO2/c19-14-6-3-4-12(10-14)11-16(20)17-15-7-2-1-5-13(15)8-9-18-17/h1-10,19H,11H2. The number of ketones is 1. The largest absolute Gasteiger partial charge is 0.508 e. The summed E-state index contributed by atoms with van der Waals surface area (Å²) in [5, 5.41) is 11.3. The molecule has 0 saturated carbocycles. The molecule has 0 aliphatic rings. The van der Waals surface area contributed by atoms with Gasteiger partial charge in [0.25, 0.3) is 0 Å². The van der Waals surface area contributed by atoms with Gasteiger partial charge in [-0.2, -0.15) is 0 Å². The SMILES string of the molecule is O=C(Cc1cccc(O)c1)c1nccc2ccccc12. The van der Waals surface area contributed by atoms with Crippen LogP contribution in [-0.4, -0.2) is 15.9 Å². The van der Waals surface area contributed by atoms with E-state index in [0.717, 1.165) is 16.3 Å². The summed E-state index contributed by atoms with van der Waals surface area (Å²) in [6, 6.07) is 16.3. The molecule has 0 amide bonds. The monoisotopic (exact) mass is 263 g/mol. The summed E-state index contributed by atoms with van der Waals surface area (Å²) in [5.74, 6) is 0.119. The molecule has 0 fully saturated rings. The van der Waals surface area contributed by atoms with Crippen molar-refractivity contribution in [3.8, 4) is 5.75 Å². The van der Waals surface area contributed by atoms with Crippen LogP contribution in [0.25, 0.3) is 10.8 Å². The summed E-state index contributed by atoms with van der Waals surface area (Å²) in [4.78, 5) is 16.6. The van der Waals surface area contributed by atoms with Gasteiger partial charge in [-0.3, -0.25) is 9.78 Å². The van der Waals surface area contributed by atoms with Gasteiger partial charge in [-0.15, -0.1) is 0 Å². The van der Waals surface area contributed by atoms with E-state index in [1.54, 1.807) is 24.4 Å². The van der Waals surface area contributed by atoms with Gasteiger partial charge in [0.15, 0.2) is 5.78 Å². The van der Waals surface area contributed by atoms with E-state index in [4.69, 9.17) is 0 Å². The van der Waals surface area contributed by atoms with Gasteiger partial charge in [0.2, 0.25) is 0 Å². The average Bonchev–Trinajstić information content (AvgIpc) is 2.46. The molecule has 0 aliphatic heterocycles. The average molecular weight is 263 g/mol. The zero-order chi connectivity index (χ0) is 13.9. The van der Waals surface area contributed by atoms with Crippen LogP contribution in [0.3, 0.4) is 0 Å². The molecule has 3 rings (SSSR count). The second-order valence-electron chi connectivity index (χ2n) is 4.65. The molecule has 2 aromatic carbocycles. The minimum absolute atomic E-state index is 0.0487. The first kappa shape index (κ1) is 12.4. The minimum Gasteiger partial charge on any atom is -0.508 e. The van der Waals surface area contributed by atoms with Crippen LogP contribution in [-0.2, 0) is 6.42 Å². The van der Waals surface area contributed by atoms with E-state index in [9.17, 15) is 9.90 Å². The number of Topliss-reactive ketones (excluding diaryl/α,β-unsaturated/α-hetero) is 1. The molecule has 1 N–H and O–H groups in total. The fourth-order valence-corrected chi connectivity index (χ4v) is 2.28. The Morgan fingerprint density at radius 2 is 1.90 bits per heavy atom. The van der Waals surface area contributed by atoms with Crippen LogP contribution in [0.15, 0.2) is 60.8 Å². The molecule has 0 atom stereocenters. The van der Waals surface area contributed by atoms with E-state index >= 15 is 0 Å². The Balaban J connectivity index is 1.97. The minimum atomic E-state index is -0.0487. The van der Waals surface area contributed by atoms with E-state index in [-0.39, 0.29) is 18.0 Å². The highest BCUT2D eigenvalue weighted by atomic mass is 16.3. The van der Waals surface area contributed by atoms with Crippen molar-refractivity contribution in [2.45, 2.75) is 6.42 Å². The van der Waals surface area contributed by atoms with Crippen molar-refractivity contribution in [2.75, 3.05) is 0 Å². The van der Waals surface area contributed by atoms with E-state index in [0.29, 0.717) is 5.69 Å². The topological polar surface area (TPSA) is 50.2 Å². The van der Waals surface area contributed by atoms with E-state index in [1.807, 2.05) is 36.4 Å². The molecule has 1 aromatic heterocycles. The van der Waals surface area contributed by atoms with Crippen LogP contribution in [0.1, 0.15) is 16.1 Å². The zero-order valence-corrected chi connectivity index (χ0v) is 10.8. The second kappa shape index (κ2) is 5.13. The lowest BCUT2D eigenvalue weighted by atomic mass is 10.0. The van der Waals surface area contributed by atoms with Gasteiger partial charge in [-0.25, -0.2) is 0 Å². The molecule has 0 bridgehead atoms. The number of aromatic hydroxyl groups is 1. The number of benzene rings is 2. The molecule has 0 saturated heterocycles. The van der Waals surface area contributed by atoms with Gasteiger partial charge in [0, 0.05) is 18.0 Å². The van der Waals surface area contributed by atoms with E-state index in [2.05, 4.69) is 4.98 Å². The van der Waals surface area contributed by atoms with Crippen molar-refractivity contribution in [3.05, 3.63) is 72.1 Å². The van der Waals surface area contributed by atoms with Crippen molar-refractivity contribution in [1.29, 1.82) is 0 Å². The third kappa shape index (κ3) is 2.38. The molecule has 0 spiro atoms. The molecule has 3 heteroatoms. The van der Waals surface area contributed by atoms with Crippen molar-refractivity contribution in [2.24, 2.45) is 0 Å². The van der Waals surface area contributed by atoms with Crippen LogP contribution in [0.5, 0.6) is 5.75 Å². The number of pyridine rings is 1. The number of fused-ring (bicyclic) bond motifs is 1. The van der Waals surface area contributed by atoms with Crippen molar-refractivity contribution >= 4 is 16.6 Å². The van der Waals surface area contributed by atoms with Crippen molar-refractivity contribution in [1.82, 2.24) is 4.98 Å². The number of phenols is 1. The summed E-state index contributed by atoms with van der Waals surface area (Å²) < 4.78 is 0. The van der Waals surface area contributed by atoms with Crippen LogP contribution >= 0.6 is 0 Å². The number of rotatable bonds is 3. The van der Waals surface area contributed by atoms with Gasteiger partial charge >= 0.3 is 0 Å². The Bertz CT molecular complexity index is 775. The summed E-state index contributed by atoms with van der Waals surface area (Å²) in [6.45, 7) is 0. The predicted molar refractivity (Wildman–Crippen MR) is 77.9 cm³/mol. The lowest BCUT2D eigenvalue weighted by Gasteiger charge is -2.05. The maximum absolute atomic E-state index is 12.4. The van der Waals surface area contributed by atoms with E-state index < -0.39 is 0 Å². The molecular formula is C17H13NO2. The first-order valence-electron chi connectivity index (χ1n) is 6.39. The van der Waals surface area contributed by atoms with Gasteiger partial charge in [-0.1, -0.05) is 36.4 Å². The Hall–Kier alpha value is -2.68. The van der Waals surface area contributed by atoms with E-state index in [1.165, 1.54) is 0 Å². The molecule has 0 radical (unpaired) electrons. The molecule has 1 heterocycles. The van der Waals surface area contributed by atoms with Gasteiger partial charge < -0.3 is 5.11 Å². The number of carbonyl (C=O) groups excluding carboxylic acids is 1. The smallest absolute Gasteiger partial charge is 0.186 e. The number of nitrogens with zero attached hydrogens (tertiary/aromatic N) is 1. The van der Waals surface area contributed by atoms with Crippen LogP contribution < -0.4 is 0 Å². The summed E-state index contributed by atoms with van der Waals surface area (Å²) >= 11 is 0. The van der Waals surface area contributed by atoms with Crippen LogP contribution in [0.4, 0.5) is 0 Å². The quantitative estimate of drug-likeness (QED) is 0.737. The molecular weight excluding hydrogens is 250 g/mol. The predicted octanol–water partition coefficient (Wildman–Crippen LogP) is 3.37. The number of hydrogen-bond acceptors (Lipinski definition) is 3. The number of carbonyl (C=O) groups is 1. The number of phenolic OH excluding ortho intramolecular Hbond substituents is 1. The number of hydrogen-bond donors (Lipinski definition) is 1. The molecule has 3 aromatic rings. The third-order valence-corrected chi connectivity index (χ3v) is 3.21. The van der Waals surface area contributed by atoms with Gasteiger partial charge in [0.05, 0.1) is 0 Å². The highest BCUT2D eigenvalue weighted by Crippen LogP contribution is 2.19. The van der Waals surface area contributed by atoms with Gasteiger partial charge in [0.1, 0.15) is 11.4 Å². The normalized spacial score (nSPS) is 10.6. The molecule has 98 valence electrons. The Morgan fingerprint density at radius 3 is 2.75 bits per heavy atom. The van der Waals surface area contributed by atoms with Crippen molar-refractivity contribution in [3.63, 3.8) is 0 Å². The van der Waals surface area contributed by atoms with Crippen molar-refractivity contribution < 1.29 is 9.90 Å². The summed E-state index contributed by atoms with van der Waals surface area (Å²) in [7, 11) is 0. The zero-order valence-electron chi connectivity index (χ0n) is 10.8. The number of aromatic nitrogens is 1. The fourth-order valence-electron chi connectivity index (χ4n) is 2.28. The Labute approximate surface area is 116 Å². The Kier molecular flexibility index (Phi) is 3.17. The first-order chi connectivity index (χ1) is 9.74. The molecule has 3 nitrogen and oxygen atoms in total. The maximum atomic E-state index is 12.4. The summed E-state index contributed by atoms with van der Waals surface area (Å²) in [5.41, 5.74) is 1.26. The molecule has 0 unspecified atom stereocenters. The third-order valence-electron chi connectivity index (χ3n) is 3.21. The highest BCUT2D eigenvalue weighted by molar-refractivity contribution is 6.07. The van der Waals surface area contributed by atoms with Gasteiger partial charge in [-0.05, 0) is 29.1 Å². The first-order valence-corrected chi connectivity index (χ1v) is 6.39. The molecule has 20 heavy (non-hydrogen) atoms. The Morgan fingerprint density at radius 1 is 1.05 bits per heavy atom. The highest BCUT2D eigenvalue weighted by Gasteiger charge is 2.12. The summed E-state index contributed by atoms with van der Waals surface area (Å²) in [6.07, 6.45) is 1.88. The second-order valence-corrected chi connectivity index (χ2v) is 4.65.